The maximum absolute atomic E-state index is 14.1. The molecule has 1 amide bonds. The maximum atomic E-state index is 14.1. The van der Waals surface area contributed by atoms with E-state index in [1.54, 1.807) is 31.2 Å². The van der Waals surface area contributed by atoms with Crippen molar-refractivity contribution >= 4 is 16.1 Å². The first-order chi connectivity index (χ1) is 16.1. The van der Waals surface area contributed by atoms with Gasteiger partial charge in [0.15, 0.2) is 0 Å². The minimum atomic E-state index is -3.81. The summed E-state index contributed by atoms with van der Waals surface area (Å²) in [4.78, 5) is 12.9. The zero-order valence-electron chi connectivity index (χ0n) is 19.1. The average molecular weight is 496 g/mol. The SMILES string of the molecule is COc1cccc(O)c1C(=O)NCC1(c2cccc(F)c2)CCN(S(=O)(=O)N[C@H](C)CO)CC1. The van der Waals surface area contributed by atoms with Gasteiger partial charge in [0, 0.05) is 31.1 Å². The molecule has 0 unspecified atom stereocenters. The number of carbonyl (C=O) groups is 1. The molecule has 0 aromatic heterocycles. The number of nitrogens with zero attached hydrogens (tertiary/aromatic N) is 1. The van der Waals surface area contributed by atoms with E-state index >= 15 is 0 Å². The van der Waals surface area contributed by atoms with Gasteiger partial charge in [0.2, 0.25) is 0 Å². The van der Waals surface area contributed by atoms with E-state index in [1.807, 2.05) is 0 Å². The zero-order chi connectivity index (χ0) is 24.9. The van der Waals surface area contributed by atoms with E-state index < -0.39 is 33.4 Å². The molecular weight excluding hydrogens is 465 g/mol. The highest BCUT2D eigenvalue weighted by molar-refractivity contribution is 7.87. The Morgan fingerprint density at radius 2 is 1.91 bits per heavy atom. The molecule has 9 nitrogen and oxygen atoms in total. The first-order valence-electron chi connectivity index (χ1n) is 10.9. The van der Waals surface area contributed by atoms with Gasteiger partial charge in [-0.25, -0.2) is 4.39 Å². The molecule has 3 rings (SSSR count). The van der Waals surface area contributed by atoms with E-state index in [0.29, 0.717) is 18.4 Å². The summed E-state index contributed by atoms with van der Waals surface area (Å²) in [7, 11) is -2.42. The van der Waals surface area contributed by atoms with E-state index in [0.717, 1.165) is 0 Å². The second-order valence-corrected chi connectivity index (χ2v) is 10.1. The number of aromatic hydroxyl groups is 1. The van der Waals surface area contributed by atoms with Crippen molar-refractivity contribution in [3.8, 4) is 11.5 Å². The molecule has 0 saturated carbocycles. The highest BCUT2D eigenvalue weighted by Crippen LogP contribution is 2.36. The van der Waals surface area contributed by atoms with Gasteiger partial charge in [-0.05, 0) is 49.6 Å². The summed E-state index contributed by atoms with van der Waals surface area (Å²) < 4.78 is 48.3. The molecule has 4 N–H and O–H groups in total. The molecule has 1 atom stereocenters. The van der Waals surface area contributed by atoms with Gasteiger partial charge in [-0.15, -0.1) is 0 Å². The molecule has 34 heavy (non-hydrogen) atoms. The van der Waals surface area contributed by atoms with Crippen LogP contribution in [0.15, 0.2) is 42.5 Å². The summed E-state index contributed by atoms with van der Waals surface area (Å²) in [5.74, 6) is -1.01. The van der Waals surface area contributed by atoms with Crippen LogP contribution in [0.2, 0.25) is 0 Å². The monoisotopic (exact) mass is 495 g/mol. The number of benzene rings is 2. The lowest BCUT2D eigenvalue weighted by Crippen LogP contribution is -2.53. The zero-order valence-corrected chi connectivity index (χ0v) is 19.9. The smallest absolute Gasteiger partial charge is 0.279 e. The Labute approximate surface area is 198 Å². The van der Waals surface area contributed by atoms with Crippen molar-refractivity contribution in [1.82, 2.24) is 14.3 Å². The molecule has 1 heterocycles. The van der Waals surface area contributed by atoms with Gasteiger partial charge in [0.1, 0.15) is 22.9 Å². The summed E-state index contributed by atoms with van der Waals surface area (Å²) in [5, 5.41) is 22.2. The summed E-state index contributed by atoms with van der Waals surface area (Å²) in [6.45, 7) is 1.60. The molecule has 0 spiro atoms. The summed E-state index contributed by atoms with van der Waals surface area (Å²) in [6.07, 6.45) is 0.645. The molecule has 1 aliphatic rings. The van der Waals surface area contributed by atoms with Crippen molar-refractivity contribution in [1.29, 1.82) is 0 Å². The van der Waals surface area contributed by atoms with Crippen molar-refractivity contribution in [2.75, 3.05) is 33.4 Å². The van der Waals surface area contributed by atoms with Gasteiger partial charge < -0.3 is 20.3 Å². The Balaban J connectivity index is 1.83. The van der Waals surface area contributed by atoms with Crippen LogP contribution >= 0.6 is 0 Å². The Morgan fingerprint density at radius 1 is 1.24 bits per heavy atom. The lowest BCUT2D eigenvalue weighted by atomic mass is 9.73. The molecule has 11 heteroatoms. The highest BCUT2D eigenvalue weighted by atomic mass is 32.2. The number of ether oxygens (including phenoxy) is 1. The second-order valence-electron chi connectivity index (χ2n) is 8.43. The van der Waals surface area contributed by atoms with Crippen LogP contribution in [0.3, 0.4) is 0 Å². The van der Waals surface area contributed by atoms with Crippen LogP contribution in [-0.2, 0) is 15.6 Å². The van der Waals surface area contributed by atoms with E-state index in [1.165, 1.54) is 29.6 Å². The quantitative estimate of drug-likeness (QED) is 0.418. The lowest BCUT2D eigenvalue weighted by molar-refractivity contribution is 0.0927. The third-order valence-electron chi connectivity index (χ3n) is 6.12. The summed E-state index contributed by atoms with van der Waals surface area (Å²) in [5.41, 5.74) is -0.100. The number of piperidine rings is 1. The Morgan fingerprint density at radius 3 is 2.53 bits per heavy atom. The molecule has 1 aliphatic heterocycles. The van der Waals surface area contributed by atoms with Crippen LogP contribution in [0.5, 0.6) is 11.5 Å². The van der Waals surface area contributed by atoms with Gasteiger partial charge >= 0.3 is 0 Å². The maximum Gasteiger partial charge on any atom is 0.279 e. The number of aliphatic hydroxyl groups excluding tert-OH is 1. The first kappa shape index (κ1) is 25.9. The van der Waals surface area contributed by atoms with Gasteiger partial charge in [0.25, 0.3) is 16.1 Å². The molecule has 2 aromatic carbocycles. The average Bonchev–Trinajstić information content (AvgIpc) is 2.82. The number of hydrogen-bond donors (Lipinski definition) is 4. The van der Waals surface area contributed by atoms with E-state index in [9.17, 15) is 27.8 Å². The van der Waals surface area contributed by atoms with Gasteiger partial charge in [0.05, 0.1) is 13.7 Å². The molecule has 0 bridgehead atoms. The number of phenols is 1. The van der Waals surface area contributed by atoms with Gasteiger partial charge in [-0.3, -0.25) is 4.79 Å². The fraction of sp³-hybridized carbons (Fsp3) is 0.435. The normalized spacial score (nSPS) is 17.2. The Bertz CT molecular complexity index is 1120. The third-order valence-corrected chi connectivity index (χ3v) is 7.86. The highest BCUT2D eigenvalue weighted by Gasteiger charge is 2.40. The third kappa shape index (κ3) is 5.66. The Hall–Kier alpha value is -2.73. The predicted octanol–water partition coefficient (Wildman–Crippen LogP) is 1.52. The number of rotatable bonds is 9. The number of carbonyl (C=O) groups excluding carboxylic acids is 1. The number of hydrogen-bond acceptors (Lipinski definition) is 6. The summed E-state index contributed by atoms with van der Waals surface area (Å²) >= 11 is 0. The van der Waals surface area contributed by atoms with Crippen LogP contribution in [0.4, 0.5) is 4.39 Å². The van der Waals surface area contributed by atoms with Crippen molar-refractivity contribution < 1.29 is 32.6 Å². The van der Waals surface area contributed by atoms with Crippen LogP contribution in [0, 0.1) is 5.82 Å². The van der Waals surface area contributed by atoms with Crippen LogP contribution in [0.1, 0.15) is 35.7 Å². The molecule has 2 aromatic rings. The van der Waals surface area contributed by atoms with Crippen molar-refractivity contribution in [2.24, 2.45) is 0 Å². The number of halogens is 1. The number of nitrogens with one attached hydrogen (secondary N) is 2. The number of phenolic OH excluding ortho intramolecular Hbond substituents is 1. The van der Waals surface area contributed by atoms with Crippen molar-refractivity contribution in [2.45, 2.75) is 31.2 Å². The van der Waals surface area contributed by atoms with E-state index in [-0.39, 0.29) is 43.3 Å². The lowest BCUT2D eigenvalue weighted by Gasteiger charge is -2.42. The fourth-order valence-electron chi connectivity index (χ4n) is 4.16. The minimum Gasteiger partial charge on any atom is -0.507 e. The molecule has 0 aliphatic carbocycles. The molecule has 186 valence electrons. The van der Waals surface area contributed by atoms with Gasteiger partial charge in [-0.1, -0.05) is 18.2 Å². The summed E-state index contributed by atoms with van der Waals surface area (Å²) in [6, 6.07) is 9.91. The van der Waals surface area contributed by atoms with Crippen LogP contribution in [0.25, 0.3) is 0 Å². The van der Waals surface area contributed by atoms with E-state index in [2.05, 4.69) is 10.0 Å². The number of amides is 1. The second kappa shape index (κ2) is 10.7. The topological polar surface area (TPSA) is 128 Å². The largest absolute Gasteiger partial charge is 0.507 e. The van der Waals surface area contributed by atoms with Crippen LogP contribution < -0.4 is 14.8 Å². The van der Waals surface area contributed by atoms with Gasteiger partial charge in [-0.2, -0.15) is 17.4 Å². The molecular formula is C23H30FN3O6S. The Kier molecular flexibility index (Phi) is 8.13. The first-order valence-corrected chi connectivity index (χ1v) is 12.3. The van der Waals surface area contributed by atoms with Crippen molar-refractivity contribution in [3.05, 3.63) is 59.4 Å². The minimum absolute atomic E-state index is 0.0124. The number of methoxy groups -OCH3 is 1. The van der Waals surface area contributed by atoms with Crippen molar-refractivity contribution in [3.63, 3.8) is 0 Å². The molecule has 1 saturated heterocycles. The fourth-order valence-corrected chi connectivity index (χ4v) is 5.56. The number of aliphatic hydroxyl groups is 1. The van der Waals surface area contributed by atoms with Crippen LogP contribution in [-0.4, -0.2) is 68.2 Å². The standard InChI is InChI=1S/C23H30FN3O6S/c1-16(14-28)26-34(31,32)27-11-9-23(10-12-27,17-5-3-6-18(24)13-17)15-25-22(30)21-19(29)7-4-8-20(21)33-2/h3-8,13,16,26,28-29H,9-12,14-15H2,1-2H3,(H,25,30)/t16-/m1/s1. The predicted molar refractivity (Wildman–Crippen MR) is 124 cm³/mol. The van der Waals surface area contributed by atoms with E-state index in [4.69, 9.17) is 4.74 Å². The molecule has 1 fully saturated rings. The molecule has 0 radical (unpaired) electrons.